The molecule has 0 atom stereocenters. The number of anilines is 2. The zero-order valence-electron chi connectivity index (χ0n) is 15.6. The minimum Gasteiger partial charge on any atom is -0.372 e. The average Bonchev–Trinajstić information content (AvgIpc) is 3.22. The maximum Gasteiger partial charge on any atom is 0.270 e. The van der Waals surface area contributed by atoms with E-state index in [4.69, 9.17) is 12.2 Å². The number of hydrogen-bond donors (Lipinski definition) is 1. The van der Waals surface area contributed by atoms with Crippen LogP contribution < -0.4 is 15.1 Å². The molecule has 0 saturated carbocycles. The van der Waals surface area contributed by atoms with Gasteiger partial charge in [0.2, 0.25) is 0 Å². The van der Waals surface area contributed by atoms with Crippen molar-refractivity contribution in [2.75, 3.05) is 22.9 Å². The van der Waals surface area contributed by atoms with Crippen LogP contribution in [0.4, 0.5) is 11.4 Å². The molecular weight excluding hydrogens is 370 g/mol. The Morgan fingerprint density at radius 2 is 1.68 bits per heavy atom. The Morgan fingerprint density at radius 1 is 1.00 bits per heavy atom. The monoisotopic (exact) mass is 391 g/mol. The molecule has 2 aliphatic heterocycles. The first kappa shape index (κ1) is 18.4. The SMILES string of the molecule is Cc1ccccc1N1C(=O)C(=Cc2ccc(N3CCCC3)cc2)C(=O)NC1=S. The molecule has 1 N–H and O–H groups in total. The van der Waals surface area contributed by atoms with Gasteiger partial charge in [0.25, 0.3) is 11.8 Å². The van der Waals surface area contributed by atoms with Gasteiger partial charge in [-0.15, -0.1) is 0 Å². The molecule has 28 heavy (non-hydrogen) atoms. The van der Waals surface area contributed by atoms with Crippen LogP contribution in [0.25, 0.3) is 6.08 Å². The van der Waals surface area contributed by atoms with Crippen LogP contribution in [-0.2, 0) is 9.59 Å². The average molecular weight is 391 g/mol. The molecule has 142 valence electrons. The summed E-state index contributed by atoms with van der Waals surface area (Å²) in [6, 6.07) is 15.4. The maximum absolute atomic E-state index is 13.1. The molecular formula is C22H21N3O2S. The van der Waals surface area contributed by atoms with Crippen LogP contribution in [0.1, 0.15) is 24.0 Å². The van der Waals surface area contributed by atoms with E-state index in [2.05, 4.69) is 10.2 Å². The Bertz CT molecular complexity index is 976. The summed E-state index contributed by atoms with van der Waals surface area (Å²) in [5.74, 6) is -0.880. The number of para-hydroxylation sites is 1. The minimum absolute atomic E-state index is 0.0748. The summed E-state index contributed by atoms with van der Waals surface area (Å²) in [5, 5.41) is 2.74. The number of nitrogens with zero attached hydrogens (tertiary/aromatic N) is 2. The van der Waals surface area contributed by atoms with Gasteiger partial charge < -0.3 is 4.90 Å². The third kappa shape index (κ3) is 3.43. The summed E-state index contributed by atoms with van der Waals surface area (Å²) < 4.78 is 0. The second-order valence-corrected chi connectivity index (χ2v) is 7.42. The van der Waals surface area contributed by atoms with Gasteiger partial charge in [-0.1, -0.05) is 30.3 Å². The van der Waals surface area contributed by atoms with Gasteiger partial charge in [0, 0.05) is 18.8 Å². The van der Waals surface area contributed by atoms with Crippen molar-refractivity contribution in [3.8, 4) is 0 Å². The van der Waals surface area contributed by atoms with E-state index in [1.165, 1.54) is 23.4 Å². The summed E-state index contributed by atoms with van der Waals surface area (Å²) in [7, 11) is 0. The van der Waals surface area contributed by atoms with Crippen molar-refractivity contribution in [2.45, 2.75) is 19.8 Å². The number of amides is 2. The highest BCUT2D eigenvalue weighted by molar-refractivity contribution is 7.80. The van der Waals surface area contributed by atoms with Crippen molar-refractivity contribution in [2.24, 2.45) is 0 Å². The number of carbonyl (C=O) groups is 2. The van der Waals surface area contributed by atoms with E-state index in [-0.39, 0.29) is 10.7 Å². The second-order valence-electron chi connectivity index (χ2n) is 7.03. The lowest BCUT2D eigenvalue weighted by molar-refractivity contribution is -0.122. The molecule has 2 heterocycles. The van der Waals surface area contributed by atoms with Gasteiger partial charge in [-0.25, -0.2) is 0 Å². The van der Waals surface area contributed by atoms with Crippen molar-refractivity contribution in [3.05, 3.63) is 65.2 Å². The molecule has 5 nitrogen and oxygen atoms in total. The molecule has 0 bridgehead atoms. The molecule has 2 aromatic carbocycles. The van der Waals surface area contributed by atoms with E-state index in [1.807, 2.05) is 55.5 Å². The molecule has 2 amide bonds. The largest absolute Gasteiger partial charge is 0.372 e. The number of rotatable bonds is 3. The number of thiocarbonyl (C=S) groups is 1. The fourth-order valence-electron chi connectivity index (χ4n) is 3.61. The second kappa shape index (κ2) is 7.56. The van der Waals surface area contributed by atoms with Crippen LogP contribution >= 0.6 is 12.2 Å². The van der Waals surface area contributed by atoms with Crippen molar-refractivity contribution >= 4 is 46.6 Å². The quantitative estimate of drug-likeness (QED) is 0.495. The lowest BCUT2D eigenvalue weighted by Crippen LogP contribution is -2.54. The van der Waals surface area contributed by atoms with E-state index >= 15 is 0 Å². The fourth-order valence-corrected chi connectivity index (χ4v) is 3.89. The van der Waals surface area contributed by atoms with Gasteiger partial charge in [-0.05, 0) is 67.4 Å². The summed E-state index contributed by atoms with van der Waals surface area (Å²) >= 11 is 5.26. The topological polar surface area (TPSA) is 52.7 Å². The van der Waals surface area contributed by atoms with Crippen LogP contribution in [0.2, 0.25) is 0 Å². The predicted octanol–water partition coefficient (Wildman–Crippen LogP) is 3.43. The lowest BCUT2D eigenvalue weighted by Gasteiger charge is -2.30. The summed E-state index contributed by atoms with van der Waals surface area (Å²) in [4.78, 5) is 29.2. The third-order valence-electron chi connectivity index (χ3n) is 5.13. The molecule has 6 heteroatoms. The fraction of sp³-hybridized carbons (Fsp3) is 0.227. The predicted molar refractivity (Wildman–Crippen MR) is 115 cm³/mol. The highest BCUT2D eigenvalue weighted by Crippen LogP contribution is 2.26. The molecule has 0 aliphatic carbocycles. The molecule has 2 aliphatic rings. The number of nitrogens with one attached hydrogen (secondary N) is 1. The Morgan fingerprint density at radius 3 is 2.36 bits per heavy atom. The van der Waals surface area contributed by atoms with E-state index in [1.54, 1.807) is 6.08 Å². The Labute approximate surface area is 169 Å². The normalized spacial score (nSPS) is 18.8. The van der Waals surface area contributed by atoms with Gasteiger partial charge in [0.05, 0.1) is 5.69 Å². The van der Waals surface area contributed by atoms with Gasteiger partial charge >= 0.3 is 0 Å². The minimum atomic E-state index is -0.469. The Kier molecular flexibility index (Phi) is 4.96. The van der Waals surface area contributed by atoms with E-state index in [0.717, 1.165) is 24.2 Å². The highest BCUT2D eigenvalue weighted by Gasteiger charge is 2.34. The summed E-state index contributed by atoms with van der Waals surface area (Å²) in [6.45, 7) is 4.05. The molecule has 0 aromatic heterocycles. The van der Waals surface area contributed by atoms with Gasteiger partial charge in [-0.2, -0.15) is 0 Å². The number of carbonyl (C=O) groups excluding carboxylic acids is 2. The molecule has 4 rings (SSSR count). The van der Waals surface area contributed by atoms with Gasteiger partial charge in [0.1, 0.15) is 5.57 Å². The lowest BCUT2D eigenvalue weighted by atomic mass is 10.1. The van der Waals surface area contributed by atoms with Crippen molar-refractivity contribution in [3.63, 3.8) is 0 Å². The van der Waals surface area contributed by atoms with Crippen molar-refractivity contribution in [1.29, 1.82) is 0 Å². The first-order valence-electron chi connectivity index (χ1n) is 9.37. The smallest absolute Gasteiger partial charge is 0.270 e. The van der Waals surface area contributed by atoms with Crippen LogP contribution in [0.15, 0.2) is 54.1 Å². The molecule has 0 spiro atoms. The summed E-state index contributed by atoms with van der Waals surface area (Å²) in [6.07, 6.45) is 4.06. The van der Waals surface area contributed by atoms with Crippen LogP contribution in [0.5, 0.6) is 0 Å². The molecule has 2 aromatic rings. The van der Waals surface area contributed by atoms with Crippen molar-refractivity contribution in [1.82, 2.24) is 5.32 Å². The number of benzene rings is 2. The van der Waals surface area contributed by atoms with E-state index in [0.29, 0.717) is 5.69 Å². The molecule has 2 saturated heterocycles. The van der Waals surface area contributed by atoms with E-state index < -0.39 is 11.8 Å². The Balaban J connectivity index is 1.64. The van der Waals surface area contributed by atoms with Crippen LogP contribution in [-0.4, -0.2) is 30.0 Å². The van der Waals surface area contributed by atoms with Crippen LogP contribution in [0, 0.1) is 6.92 Å². The standard InChI is InChI=1S/C22H21N3O2S/c1-15-6-2-3-7-19(15)25-21(27)18(20(26)23-22(25)28)14-16-8-10-17(11-9-16)24-12-4-5-13-24/h2-3,6-11,14H,4-5,12-13H2,1H3,(H,23,26,28). The third-order valence-corrected chi connectivity index (χ3v) is 5.42. The molecule has 0 unspecified atom stereocenters. The first-order valence-corrected chi connectivity index (χ1v) is 9.77. The van der Waals surface area contributed by atoms with Crippen molar-refractivity contribution < 1.29 is 9.59 Å². The van der Waals surface area contributed by atoms with Crippen LogP contribution in [0.3, 0.4) is 0 Å². The van der Waals surface area contributed by atoms with Gasteiger partial charge in [0.15, 0.2) is 5.11 Å². The highest BCUT2D eigenvalue weighted by atomic mass is 32.1. The number of aryl methyl sites for hydroxylation is 1. The zero-order valence-corrected chi connectivity index (χ0v) is 16.5. The summed E-state index contributed by atoms with van der Waals surface area (Å²) in [5.41, 5.74) is 3.63. The first-order chi connectivity index (χ1) is 13.5. The van der Waals surface area contributed by atoms with Gasteiger partial charge in [-0.3, -0.25) is 19.8 Å². The number of hydrogen-bond acceptors (Lipinski definition) is 4. The maximum atomic E-state index is 13.1. The van der Waals surface area contributed by atoms with E-state index in [9.17, 15) is 9.59 Å². The molecule has 0 radical (unpaired) electrons. The zero-order chi connectivity index (χ0) is 19.7. The molecule has 2 fully saturated rings. The Hall–Kier alpha value is -2.99.